The first kappa shape index (κ1) is 16.0. The lowest BCUT2D eigenvalue weighted by atomic mass is 9.85. The van der Waals surface area contributed by atoms with Gasteiger partial charge < -0.3 is 5.32 Å². The summed E-state index contributed by atoms with van der Waals surface area (Å²) in [7, 11) is 0. The number of carbonyl (C=O) groups excluding carboxylic acids is 1. The molecule has 0 aromatic carbocycles. The van der Waals surface area contributed by atoms with E-state index in [4.69, 9.17) is 0 Å². The summed E-state index contributed by atoms with van der Waals surface area (Å²) in [5.74, 6) is 0.371. The minimum Gasteiger partial charge on any atom is -0.353 e. The third-order valence-corrected chi connectivity index (χ3v) is 5.50. The van der Waals surface area contributed by atoms with Gasteiger partial charge in [-0.2, -0.15) is 0 Å². The van der Waals surface area contributed by atoms with Crippen molar-refractivity contribution in [3.8, 4) is 0 Å². The van der Waals surface area contributed by atoms with Gasteiger partial charge in [-0.25, -0.2) is 0 Å². The minimum atomic E-state index is 0.104. The van der Waals surface area contributed by atoms with Crippen molar-refractivity contribution in [2.45, 2.75) is 60.9 Å². The fourth-order valence-electron chi connectivity index (χ4n) is 2.94. The molecule has 1 aliphatic carbocycles. The van der Waals surface area contributed by atoms with Gasteiger partial charge in [0.1, 0.15) is 0 Å². The summed E-state index contributed by atoms with van der Waals surface area (Å²) in [6, 6.07) is 0.233. The third kappa shape index (κ3) is 2.76. The smallest absolute Gasteiger partial charge is 0.224 e. The zero-order chi connectivity index (χ0) is 14.4. The van der Waals surface area contributed by atoms with E-state index in [-0.39, 0.29) is 34.1 Å². The Labute approximate surface area is 120 Å². The first-order valence-electron chi connectivity index (χ1n) is 6.82. The summed E-state index contributed by atoms with van der Waals surface area (Å²) < 4.78 is 0. The molecule has 1 fully saturated rings. The van der Waals surface area contributed by atoms with E-state index in [1.165, 1.54) is 0 Å². The molecule has 0 heterocycles. The van der Waals surface area contributed by atoms with E-state index < -0.39 is 0 Å². The van der Waals surface area contributed by atoms with Crippen molar-refractivity contribution in [2.75, 3.05) is 5.33 Å². The van der Waals surface area contributed by atoms with Crippen molar-refractivity contribution in [2.24, 2.45) is 22.2 Å². The number of nitrogens with one attached hydrogen (secondary N) is 1. The minimum absolute atomic E-state index is 0.104. The quantitative estimate of drug-likeness (QED) is 0.780. The van der Waals surface area contributed by atoms with Crippen LogP contribution in [0.15, 0.2) is 0 Å². The van der Waals surface area contributed by atoms with Crippen molar-refractivity contribution in [3.05, 3.63) is 0 Å². The molecule has 1 N–H and O–H groups in total. The molecule has 0 aliphatic heterocycles. The van der Waals surface area contributed by atoms with Crippen molar-refractivity contribution in [3.63, 3.8) is 0 Å². The maximum atomic E-state index is 12.4. The zero-order valence-corrected chi connectivity index (χ0v) is 14.4. The number of hydrogen-bond acceptors (Lipinski definition) is 1. The topological polar surface area (TPSA) is 29.1 Å². The average Bonchev–Trinajstić information content (AvgIpc) is 2.54. The number of rotatable bonds is 4. The van der Waals surface area contributed by atoms with Crippen LogP contribution in [-0.2, 0) is 4.79 Å². The number of alkyl halides is 1. The molecule has 1 unspecified atom stereocenters. The van der Waals surface area contributed by atoms with Gasteiger partial charge in [0.25, 0.3) is 0 Å². The predicted octanol–water partition coefficient (Wildman–Crippen LogP) is 3.98. The van der Waals surface area contributed by atoms with Crippen LogP contribution in [0.25, 0.3) is 0 Å². The standard InChI is InChI=1S/C15H28BrNO/c1-13(2,3)10(8-9-16)17-12(18)11-14(4,5)15(11,6)7/h10-11H,8-9H2,1-7H3,(H,17,18). The molecule has 1 amide bonds. The van der Waals surface area contributed by atoms with E-state index in [0.29, 0.717) is 0 Å². The number of carbonyl (C=O) groups is 1. The highest BCUT2D eigenvalue weighted by Crippen LogP contribution is 2.68. The second-order valence-corrected chi connectivity index (χ2v) is 8.57. The molecule has 3 heteroatoms. The molecule has 0 bridgehead atoms. The van der Waals surface area contributed by atoms with Crippen LogP contribution in [0.5, 0.6) is 0 Å². The Morgan fingerprint density at radius 3 is 1.94 bits per heavy atom. The Morgan fingerprint density at radius 2 is 1.67 bits per heavy atom. The molecule has 1 saturated carbocycles. The maximum Gasteiger partial charge on any atom is 0.224 e. The first-order valence-corrected chi connectivity index (χ1v) is 7.94. The summed E-state index contributed by atoms with van der Waals surface area (Å²) in [5.41, 5.74) is 0.342. The highest BCUT2D eigenvalue weighted by molar-refractivity contribution is 9.09. The lowest BCUT2D eigenvalue weighted by molar-refractivity contribution is -0.125. The van der Waals surface area contributed by atoms with E-state index >= 15 is 0 Å². The van der Waals surface area contributed by atoms with Crippen LogP contribution in [0, 0.1) is 22.2 Å². The zero-order valence-electron chi connectivity index (χ0n) is 12.9. The molecule has 0 saturated heterocycles. The van der Waals surface area contributed by atoms with Crippen molar-refractivity contribution >= 4 is 21.8 Å². The lowest BCUT2D eigenvalue weighted by Crippen LogP contribution is -2.45. The number of halogens is 1. The predicted molar refractivity (Wildman–Crippen MR) is 80.8 cm³/mol. The summed E-state index contributed by atoms with van der Waals surface area (Å²) in [5, 5.41) is 4.19. The summed E-state index contributed by atoms with van der Waals surface area (Å²) in [6.07, 6.45) is 0.975. The number of amides is 1. The van der Waals surface area contributed by atoms with Crippen molar-refractivity contribution in [1.29, 1.82) is 0 Å². The summed E-state index contributed by atoms with van der Waals surface area (Å²) >= 11 is 3.48. The van der Waals surface area contributed by atoms with E-state index in [1.54, 1.807) is 0 Å². The van der Waals surface area contributed by atoms with E-state index in [2.05, 4.69) is 69.7 Å². The molecular weight excluding hydrogens is 290 g/mol. The Balaban J connectivity index is 2.70. The van der Waals surface area contributed by atoms with Crippen LogP contribution in [0.2, 0.25) is 0 Å². The molecule has 0 aromatic rings. The molecule has 0 spiro atoms. The van der Waals surface area contributed by atoms with Crippen LogP contribution in [-0.4, -0.2) is 17.3 Å². The third-order valence-electron chi connectivity index (χ3n) is 5.04. The second-order valence-electron chi connectivity index (χ2n) is 7.78. The Morgan fingerprint density at radius 1 is 1.22 bits per heavy atom. The molecule has 1 rings (SSSR count). The van der Waals surface area contributed by atoms with Gasteiger partial charge in [0, 0.05) is 17.3 Å². The normalized spacial score (nSPS) is 23.6. The van der Waals surface area contributed by atoms with Crippen molar-refractivity contribution in [1.82, 2.24) is 5.32 Å². The van der Waals surface area contributed by atoms with Gasteiger partial charge in [-0.3, -0.25) is 4.79 Å². The molecule has 106 valence electrons. The van der Waals surface area contributed by atoms with Gasteiger partial charge in [0.05, 0.1) is 0 Å². The van der Waals surface area contributed by atoms with Gasteiger partial charge >= 0.3 is 0 Å². The van der Waals surface area contributed by atoms with E-state index in [1.807, 2.05) is 0 Å². The van der Waals surface area contributed by atoms with Gasteiger partial charge in [-0.15, -0.1) is 0 Å². The van der Waals surface area contributed by atoms with E-state index in [0.717, 1.165) is 11.8 Å². The Bertz CT molecular complexity index is 314. The molecular formula is C15H28BrNO. The molecule has 0 radical (unpaired) electrons. The monoisotopic (exact) mass is 317 g/mol. The highest BCUT2D eigenvalue weighted by atomic mass is 79.9. The molecule has 1 atom stereocenters. The Hall–Kier alpha value is -0.0500. The van der Waals surface area contributed by atoms with Gasteiger partial charge in [-0.05, 0) is 22.7 Å². The van der Waals surface area contributed by atoms with Crippen LogP contribution >= 0.6 is 15.9 Å². The average molecular weight is 318 g/mol. The number of hydrogen-bond donors (Lipinski definition) is 1. The van der Waals surface area contributed by atoms with Crippen LogP contribution in [0.3, 0.4) is 0 Å². The maximum absolute atomic E-state index is 12.4. The van der Waals surface area contributed by atoms with Gasteiger partial charge in [0.15, 0.2) is 0 Å². The SMILES string of the molecule is CC(C)(C)C(CCBr)NC(=O)C1C(C)(C)C1(C)C. The lowest BCUT2D eigenvalue weighted by Gasteiger charge is -2.31. The fraction of sp³-hybridized carbons (Fsp3) is 0.933. The van der Waals surface area contributed by atoms with Crippen LogP contribution in [0.1, 0.15) is 54.9 Å². The van der Waals surface area contributed by atoms with E-state index in [9.17, 15) is 4.79 Å². The molecule has 2 nitrogen and oxygen atoms in total. The highest BCUT2D eigenvalue weighted by Gasteiger charge is 2.68. The molecule has 18 heavy (non-hydrogen) atoms. The van der Waals surface area contributed by atoms with Gasteiger partial charge in [-0.1, -0.05) is 64.4 Å². The van der Waals surface area contributed by atoms with Crippen LogP contribution in [0.4, 0.5) is 0 Å². The second kappa shape index (κ2) is 4.81. The molecule has 0 aromatic heterocycles. The summed E-state index contributed by atoms with van der Waals surface area (Å²) in [6.45, 7) is 15.3. The first-order chi connectivity index (χ1) is 7.96. The molecule has 1 aliphatic rings. The van der Waals surface area contributed by atoms with Crippen LogP contribution < -0.4 is 5.32 Å². The largest absolute Gasteiger partial charge is 0.353 e. The Kier molecular flexibility index (Phi) is 4.27. The van der Waals surface area contributed by atoms with Gasteiger partial charge in [0.2, 0.25) is 5.91 Å². The summed E-state index contributed by atoms with van der Waals surface area (Å²) in [4.78, 5) is 12.4. The fourth-order valence-corrected chi connectivity index (χ4v) is 3.40. The van der Waals surface area contributed by atoms with Crippen molar-refractivity contribution < 1.29 is 4.79 Å².